The summed E-state index contributed by atoms with van der Waals surface area (Å²) in [5, 5.41) is 3.27. The minimum Gasteiger partial charge on any atom is -0.482 e. The summed E-state index contributed by atoms with van der Waals surface area (Å²) in [4.78, 5) is 36.5. The van der Waals surface area contributed by atoms with Gasteiger partial charge in [0.1, 0.15) is 22.6 Å². The molecule has 0 saturated heterocycles. The van der Waals surface area contributed by atoms with Gasteiger partial charge in [0.25, 0.3) is 5.91 Å². The molecule has 0 spiro atoms. The van der Waals surface area contributed by atoms with Gasteiger partial charge in [0, 0.05) is 22.0 Å². The van der Waals surface area contributed by atoms with Gasteiger partial charge in [-0.1, -0.05) is 22.9 Å². The van der Waals surface area contributed by atoms with Crippen LogP contribution in [0.25, 0.3) is 11.0 Å². The standard InChI is InChI=1S/C22H20BrNO6/c1-3-13(2)24-21(26)18-10-14-4-7-17(11-19(14)30-22(18)27)29-20(25)12-28-16-8-5-15(23)6-9-16/h4-11,13H,3,12H2,1-2H3,(H,24,26). The first-order valence-electron chi connectivity index (χ1n) is 9.33. The highest BCUT2D eigenvalue weighted by Crippen LogP contribution is 2.21. The molecule has 0 aliphatic carbocycles. The molecule has 0 radical (unpaired) electrons. The molecule has 0 aliphatic rings. The van der Waals surface area contributed by atoms with Gasteiger partial charge in [-0.05, 0) is 55.8 Å². The van der Waals surface area contributed by atoms with Crippen molar-refractivity contribution in [2.24, 2.45) is 0 Å². The first-order valence-corrected chi connectivity index (χ1v) is 10.1. The van der Waals surface area contributed by atoms with E-state index < -0.39 is 17.5 Å². The molecule has 1 heterocycles. The fourth-order valence-electron chi connectivity index (χ4n) is 2.55. The van der Waals surface area contributed by atoms with Crippen molar-refractivity contribution in [3.8, 4) is 11.5 Å². The first kappa shape index (κ1) is 21.6. The smallest absolute Gasteiger partial charge is 0.349 e. The third kappa shape index (κ3) is 5.48. The summed E-state index contributed by atoms with van der Waals surface area (Å²) in [5.74, 6) is -0.362. The maximum Gasteiger partial charge on any atom is 0.349 e. The fourth-order valence-corrected chi connectivity index (χ4v) is 2.82. The topological polar surface area (TPSA) is 94.8 Å². The van der Waals surface area contributed by atoms with Crippen LogP contribution in [0.4, 0.5) is 0 Å². The molecule has 8 heteroatoms. The maximum atomic E-state index is 12.2. The summed E-state index contributed by atoms with van der Waals surface area (Å²) in [6.45, 7) is 3.50. The van der Waals surface area contributed by atoms with Gasteiger partial charge in [-0.15, -0.1) is 0 Å². The summed E-state index contributed by atoms with van der Waals surface area (Å²) >= 11 is 3.32. The van der Waals surface area contributed by atoms with Gasteiger partial charge in [0.15, 0.2) is 6.61 Å². The molecular weight excluding hydrogens is 454 g/mol. The van der Waals surface area contributed by atoms with Crippen LogP contribution < -0.4 is 20.4 Å². The van der Waals surface area contributed by atoms with Crippen LogP contribution in [0, 0.1) is 0 Å². The lowest BCUT2D eigenvalue weighted by molar-refractivity contribution is -0.136. The number of esters is 1. The van der Waals surface area contributed by atoms with Gasteiger partial charge < -0.3 is 19.2 Å². The molecule has 1 atom stereocenters. The first-order chi connectivity index (χ1) is 14.4. The van der Waals surface area contributed by atoms with E-state index in [0.717, 1.165) is 10.9 Å². The number of halogens is 1. The summed E-state index contributed by atoms with van der Waals surface area (Å²) in [7, 11) is 0. The predicted octanol–water partition coefficient (Wildman–Crippen LogP) is 4.07. The van der Waals surface area contributed by atoms with Crippen molar-refractivity contribution in [1.82, 2.24) is 5.32 Å². The zero-order valence-corrected chi connectivity index (χ0v) is 18.0. The molecule has 0 fully saturated rings. The average molecular weight is 474 g/mol. The Morgan fingerprint density at radius 2 is 1.80 bits per heavy atom. The third-order valence-electron chi connectivity index (χ3n) is 4.34. The largest absolute Gasteiger partial charge is 0.482 e. The predicted molar refractivity (Wildman–Crippen MR) is 115 cm³/mol. The van der Waals surface area contributed by atoms with Gasteiger partial charge >= 0.3 is 11.6 Å². The SMILES string of the molecule is CCC(C)NC(=O)c1cc2ccc(OC(=O)COc3ccc(Br)cc3)cc2oc1=O. The minimum absolute atomic E-state index is 0.0611. The second kappa shape index (κ2) is 9.58. The third-order valence-corrected chi connectivity index (χ3v) is 4.87. The Morgan fingerprint density at radius 1 is 1.10 bits per heavy atom. The molecule has 1 aromatic heterocycles. The van der Waals surface area contributed by atoms with Crippen LogP contribution in [0.1, 0.15) is 30.6 Å². The van der Waals surface area contributed by atoms with Crippen molar-refractivity contribution in [2.45, 2.75) is 26.3 Å². The van der Waals surface area contributed by atoms with Crippen LogP contribution in [0.2, 0.25) is 0 Å². The number of fused-ring (bicyclic) bond motifs is 1. The van der Waals surface area contributed by atoms with E-state index in [1.807, 2.05) is 13.8 Å². The summed E-state index contributed by atoms with van der Waals surface area (Å²) < 4.78 is 16.8. The van der Waals surface area contributed by atoms with E-state index in [0.29, 0.717) is 11.1 Å². The van der Waals surface area contributed by atoms with Crippen molar-refractivity contribution in [3.05, 3.63) is 69.0 Å². The van der Waals surface area contributed by atoms with Gasteiger partial charge in [-0.25, -0.2) is 9.59 Å². The van der Waals surface area contributed by atoms with Crippen molar-refractivity contribution < 1.29 is 23.5 Å². The number of amides is 1. The highest BCUT2D eigenvalue weighted by atomic mass is 79.9. The monoisotopic (exact) mass is 473 g/mol. The molecule has 0 saturated carbocycles. The van der Waals surface area contributed by atoms with Crippen molar-refractivity contribution >= 4 is 38.8 Å². The molecule has 0 bridgehead atoms. The van der Waals surface area contributed by atoms with Gasteiger partial charge in [-0.3, -0.25) is 4.79 Å². The van der Waals surface area contributed by atoms with Crippen LogP contribution >= 0.6 is 15.9 Å². The molecule has 0 aliphatic heterocycles. The molecule has 3 rings (SSSR count). The molecule has 1 N–H and O–H groups in total. The quantitative estimate of drug-likeness (QED) is 0.315. The van der Waals surface area contributed by atoms with Crippen LogP contribution in [-0.2, 0) is 4.79 Å². The molecule has 7 nitrogen and oxygen atoms in total. The average Bonchev–Trinajstić information content (AvgIpc) is 2.72. The van der Waals surface area contributed by atoms with Crippen molar-refractivity contribution in [2.75, 3.05) is 6.61 Å². The molecule has 3 aromatic rings. The highest BCUT2D eigenvalue weighted by molar-refractivity contribution is 9.10. The number of nitrogens with one attached hydrogen (secondary N) is 1. The maximum absolute atomic E-state index is 12.2. The van der Waals surface area contributed by atoms with Crippen LogP contribution in [0.15, 0.2) is 62.2 Å². The lowest BCUT2D eigenvalue weighted by Gasteiger charge is -2.11. The van der Waals surface area contributed by atoms with E-state index in [9.17, 15) is 14.4 Å². The Hall–Kier alpha value is -3.13. The zero-order chi connectivity index (χ0) is 21.7. The number of hydrogen-bond acceptors (Lipinski definition) is 6. The minimum atomic E-state index is -0.759. The van der Waals surface area contributed by atoms with E-state index >= 15 is 0 Å². The highest BCUT2D eigenvalue weighted by Gasteiger charge is 2.16. The summed E-state index contributed by atoms with van der Waals surface area (Å²) in [6, 6.07) is 13.0. The van der Waals surface area contributed by atoms with E-state index in [4.69, 9.17) is 13.9 Å². The number of rotatable bonds is 7. The zero-order valence-electron chi connectivity index (χ0n) is 16.4. The van der Waals surface area contributed by atoms with E-state index in [1.165, 1.54) is 12.1 Å². The van der Waals surface area contributed by atoms with Crippen LogP contribution in [0.3, 0.4) is 0 Å². The van der Waals surface area contributed by atoms with Gasteiger partial charge in [0.2, 0.25) is 0 Å². The Kier molecular flexibility index (Phi) is 6.89. The molecule has 1 unspecified atom stereocenters. The number of benzene rings is 2. The normalized spacial score (nSPS) is 11.7. The molecule has 156 valence electrons. The Bertz CT molecular complexity index is 1120. The number of ether oxygens (including phenoxy) is 2. The number of carbonyl (C=O) groups is 2. The molecule has 2 aromatic carbocycles. The van der Waals surface area contributed by atoms with Gasteiger partial charge in [-0.2, -0.15) is 0 Å². The summed E-state index contributed by atoms with van der Waals surface area (Å²) in [5.41, 5.74) is -0.625. The lowest BCUT2D eigenvalue weighted by atomic mass is 10.1. The fraction of sp³-hybridized carbons (Fsp3) is 0.227. The Labute approximate surface area is 181 Å². The van der Waals surface area contributed by atoms with E-state index in [2.05, 4.69) is 21.2 Å². The number of carbonyl (C=O) groups excluding carboxylic acids is 2. The Morgan fingerprint density at radius 3 is 2.50 bits per heavy atom. The molecule has 30 heavy (non-hydrogen) atoms. The second-order valence-corrected chi connectivity index (χ2v) is 7.56. The van der Waals surface area contributed by atoms with Crippen molar-refractivity contribution in [3.63, 3.8) is 0 Å². The molecular formula is C22H20BrNO6. The summed E-state index contributed by atoms with van der Waals surface area (Å²) in [6.07, 6.45) is 0.741. The van der Waals surface area contributed by atoms with Crippen molar-refractivity contribution in [1.29, 1.82) is 0 Å². The Balaban J connectivity index is 1.69. The van der Waals surface area contributed by atoms with E-state index in [-0.39, 0.29) is 29.5 Å². The lowest BCUT2D eigenvalue weighted by Crippen LogP contribution is -2.34. The van der Waals surface area contributed by atoms with E-state index in [1.54, 1.807) is 36.4 Å². The van der Waals surface area contributed by atoms with Crippen LogP contribution in [-0.4, -0.2) is 24.5 Å². The van der Waals surface area contributed by atoms with Crippen LogP contribution in [0.5, 0.6) is 11.5 Å². The second-order valence-electron chi connectivity index (χ2n) is 6.65. The number of hydrogen-bond donors (Lipinski definition) is 1. The molecule has 1 amide bonds. The van der Waals surface area contributed by atoms with Gasteiger partial charge in [0.05, 0.1) is 0 Å².